The van der Waals surface area contributed by atoms with Gasteiger partial charge in [0.2, 0.25) is 0 Å². The van der Waals surface area contributed by atoms with Crippen molar-refractivity contribution >= 4 is 18.3 Å². The molecule has 0 aliphatic heterocycles. The Balaban J connectivity index is 0.00000242. The van der Waals surface area contributed by atoms with E-state index in [1.807, 2.05) is 6.07 Å². The monoisotopic (exact) mass is 326 g/mol. The fourth-order valence-electron chi connectivity index (χ4n) is 1.80. The Morgan fingerprint density at radius 2 is 2.09 bits per heavy atom. The van der Waals surface area contributed by atoms with Crippen molar-refractivity contribution in [2.24, 2.45) is 0 Å². The van der Waals surface area contributed by atoms with Crippen LogP contribution in [-0.2, 0) is 4.74 Å². The number of hydrogen-bond acceptors (Lipinski definition) is 6. The number of carbonyl (C=O) groups excluding carboxylic acids is 1. The third-order valence-electron chi connectivity index (χ3n) is 2.81. The highest BCUT2D eigenvalue weighted by Gasteiger charge is 2.12. The second kappa shape index (κ2) is 9.82. The lowest BCUT2D eigenvalue weighted by molar-refractivity contribution is 0.0953. The number of para-hydroxylation sites is 1. The maximum atomic E-state index is 12.2. The van der Waals surface area contributed by atoms with Gasteiger partial charge < -0.3 is 15.4 Å². The van der Waals surface area contributed by atoms with E-state index < -0.39 is 0 Å². The molecule has 8 nitrogen and oxygen atoms in total. The first-order valence-electron chi connectivity index (χ1n) is 6.63. The summed E-state index contributed by atoms with van der Waals surface area (Å²) in [5.41, 5.74) is 1.18. The average Bonchev–Trinajstić information content (AvgIpc) is 3.05. The van der Waals surface area contributed by atoms with E-state index in [2.05, 4.69) is 26.2 Å². The number of carbonyl (C=O) groups is 1. The number of rotatable bonds is 8. The van der Waals surface area contributed by atoms with Gasteiger partial charge in [-0.25, -0.2) is 0 Å². The minimum Gasteiger partial charge on any atom is -0.383 e. The van der Waals surface area contributed by atoms with Gasteiger partial charge in [0.15, 0.2) is 0 Å². The number of amides is 1. The van der Waals surface area contributed by atoms with Gasteiger partial charge in [-0.1, -0.05) is 12.1 Å². The standard InChI is InChI=1S/C13H18N6O2.ClH/c1-21-9-8-14-6-7-15-13(20)11-4-2-3-5-12(11)19-10-16-17-18-19;/h2-5,10,14H,6-9H2,1H3,(H,15,20);1H. The maximum Gasteiger partial charge on any atom is 0.253 e. The van der Waals surface area contributed by atoms with Gasteiger partial charge in [0.25, 0.3) is 5.91 Å². The number of tetrazole rings is 1. The SMILES string of the molecule is COCCNCCNC(=O)c1ccccc1-n1cnnn1.Cl. The number of halogens is 1. The van der Waals surface area contributed by atoms with Crippen LogP contribution in [0.25, 0.3) is 5.69 Å². The third kappa shape index (κ3) is 5.06. The average molecular weight is 327 g/mol. The van der Waals surface area contributed by atoms with Crippen LogP contribution in [0.5, 0.6) is 0 Å². The quantitative estimate of drug-likeness (QED) is 0.666. The zero-order valence-electron chi connectivity index (χ0n) is 12.2. The Hall–Kier alpha value is -2.03. The molecule has 0 aliphatic rings. The maximum absolute atomic E-state index is 12.2. The lowest BCUT2D eigenvalue weighted by atomic mass is 10.1. The molecule has 22 heavy (non-hydrogen) atoms. The topological polar surface area (TPSA) is 94.0 Å². The fourth-order valence-corrected chi connectivity index (χ4v) is 1.80. The number of aromatic nitrogens is 4. The van der Waals surface area contributed by atoms with Crippen molar-refractivity contribution in [1.82, 2.24) is 30.8 Å². The minimum atomic E-state index is -0.158. The predicted octanol–water partition coefficient (Wildman–Crippen LogP) is 0.0499. The number of methoxy groups -OCH3 is 1. The molecule has 0 aliphatic carbocycles. The number of hydrogen-bond donors (Lipinski definition) is 2. The van der Waals surface area contributed by atoms with E-state index in [9.17, 15) is 4.79 Å². The molecule has 0 radical (unpaired) electrons. The summed E-state index contributed by atoms with van der Waals surface area (Å²) in [6, 6.07) is 7.17. The van der Waals surface area contributed by atoms with Crippen molar-refractivity contribution in [2.45, 2.75) is 0 Å². The van der Waals surface area contributed by atoms with Crippen LogP contribution in [0, 0.1) is 0 Å². The summed E-state index contributed by atoms with van der Waals surface area (Å²) in [5, 5.41) is 17.0. The molecule has 0 spiro atoms. The largest absolute Gasteiger partial charge is 0.383 e. The van der Waals surface area contributed by atoms with E-state index >= 15 is 0 Å². The van der Waals surface area contributed by atoms with Gasteiger partial charge in [-0.15, -0.1) is 17.5 Å². The first-order valence-corrected chi connectivity index (χ1v) is 6.63. The van der Waals surface area contributed by atoms with E-state index in [-0.39, 0.29) is 18.3 Å². The molecule has 1 aromatic heterocycles. The minimum absolute atomic E-state index is 0. The Bertz CT molecular complexity index is 563. The zero-order chi connectivity index (χ0) is 14.9. The molecule has 0 saturated heterocycles. The van der Waals surface area contributed by atoms with E-state index in [1.54, 1.807) is 25.3 Å². The predicted molar refractivity (Wildman–Crippen MR) is 83.5 cm³/mol. The molecule has 1 amide bonds. The second-order valence-electron chi connectivity index (χ2n) is 4.27. The third-order valence-corrected chi connectivity index (χ3v) is 2.81. The summed E-state index contributed by atoms with van der Waals surface area (Å²) in [5.74, 6) is -0.158. The Kier molecular flexibility index (Phi) is 8.05. The Morgan fingerprint density at radius 3 is 2.82 bits per heavy atom. The number of benzene rings is 1. The van der Waals surface area contributed by atoms with Crippen molar-refractivity contribution in [1.29, 1.82) is 0 Å². The summed E-state index contributed by atoms with van der Waals surface area (Å²) in [4.78, 5) is 12.2. The van der Waals surface area contributed by atoms with Crippen LogP contribution in [0.3, 0.4) is 0 Å². The van der Waals surface area contributed by atoms with Gasteiger partial charge in [0.05, 0.1) is 17.9 Å². The van der Waals surface area contributed by atoms with E-state index in [1.165, 1.54) is 11.0 Å². The molecule has 0 unspecified atom stereocenters. The molecule has 2 N–H and O–H groups in total. The Labute approximate surface area is 134 Å². The highest BCUT2D eigenvalue weighted by Crippen LogP contribution is 2.12. The van der Waals surface area contributed by atoms with Gasteiger partial charge in [-0.2, -0.15) is 4.68 Å². The highest BCUT2D eigenvalue weighted by atomic mass is 35.5. The smallest absolute Gasteiger partial charge is 0.253 e. The van der Waals surface area contributed by atoms with Crippen molar-refractivity contribution in [3.63, 3.8) is 0 Å². The molecule has 2 rings (SSSR count). The van der Waals surface area contributed by atoms with Crippen molar-refractivity contribution in [3.8, 4) is 5.69 Å². The summed E-state index contributed by atoms with van der Waals surface area (Å²) in [6.07, 6.45) is 1.46. The fraction of sp³-hybridized carbons (Fsp3) is 0.385. The van der Waals surface area contributed by atoms with Gasteiger partial charge in [0.1, 0.15) is 6.33 Å². The molecule has 2 aromatic rings. The number of nitrogens with zero attached hydrogens (tertiary/aromatic N) is 4. The Morgan fingerprint density at radius 1 is 1.27 bits per heavy atom. The molecular formula is C13H19ClN6O2. The number of nitrogens with one attached hydrogen (secondary N) is 2. The van der Waals surface area contributed by atoms with Crippen LogP contribution in [0.15, 0.2) is 30.6 Å². The van der Waals surface area contributed by atoms with Crippen LogP contribution in [-0.4, -0.2) is 59.5 Å². The molecular weight excluding hydrogens is 308 g/mol. The summed E-state index contributed by atoms with van der Waals surface area (Å²) in [6.45, 7) is 2.62. The first kappa shape index (κ1) is 18.0. The zero-order valence-corrected chi connectivity index (χ0v) is 13.0. The molecule has 120 valence electrons. The van der Waals surface area contributed by atoms with Crippen LogP contribution < -0.4 is 10.6 Å². The molecule has 0 fully saturated rings. The molecule has 1 heterocycles. The van der Waals surface area contributed by atoms with Crippen LogP contribution in [0.2, 0.25) is 0 Å². The number of ether oxygens (including phenoxy) is 1. The molecule has 1 aromatic carbocycles. The highest BCUT2D eigenvalue weighted by molar-refractivity contribution is 5.97. The van der Waals surface area contributed by atoms with Crippen LogP contribution in [0.1, 0.15) is 10.4 Å². The van der Waals surface area contributed by atoms with Gasteiger partial charge in [0, 0.05) is 26.7 Å². The molecule has 0 saturated carbocycles. The molecule has 0 bridgehead atoms. The van der Waals surface area contributed by atoms with Gasteiger partial charge in [-0.05, 0) is 22.6 Å². The van der Waals surface area contributed by atoms with Gasteiger partial charge >= 0.3 is 0 Å². The summed E-state index contributed by atoms with van der Waals surface area (Å²) in [7, 11) is 1.65. The van der Waals surface area contributed by atoms with Crippen molar-refractivity contribution in [3.05, 3.63) is 36.2 Å². The normalized spacial score (nSPS) is 10.0. The second-order valence-corrected chi connectivity index (χ2v) is 4.27. The van der Waals surface area contributed by atoms with Crippen molar-refractivity contribution in [2.75, 3.05) is 33.4 Å². The van der Waals surface area contributed by atoms with E-state index in [4.69, 9.17) is 4.74 Å². The lowest BCUT2D eigenvalue weighted by Gasteiger charge is -2.09. The van der Waals surface area contributed by atoms with Gasteiger partial charge in [-0.3, -0.25) is 4.79 Å². The van der Waals surface area contributed by atoms with Crippen LogP contribution >= 0.6 is 12.4 Å². The van der Waals surface area contributed by atoms with E-state index in [0.29, 0.717) is 30.9 Å². The molecule has 9 heteroatoms. The molecule has 0 atom stereocenters. The van der Waals surface area contributed by atoms with Crippen molar-refractivity contribution < 1.29 is 9.53 Å². The lowest BCUT2D eigenvalue weighted by Crippen LogP contribution is -2.33. The van der Waals surface area contributed by atoms with E-state index in [0.717, 1.165) is 6.54 Å². The summed E-state index contributed by atoms with van der Waals surface area (Å²) >= 11 is 0. The van der Waals surface area contributed by atoms with Crippen LogP contribution in [0.4, 0.5) is 0 Å². The summed E-state index contributed by atoms with van der Waals surface area (Å²) < 4.78 is 6.39. The first-order chi connectivity index (χ1) is 10.3.